The number of hydrazone groups is 1. The van der Waals surface area contributed by atoms with E-state index in [0.29, 0.717) is 5.02 Å². The number of benzene rings is 2. The van der Waals surface area contributed by atoms with Crippen LogP contribution in [0.5, 0.6) is 0 Å². The minimum absolute atomic E-state index is 0.206. The summed E-state index contributed by atoms with van der Waals surface area (Å²) in [6.45, 7) is 0. The summed E-state index contributed by atoms with van der Waals surface area (Å²) in [5, 5.41) is 3.87. The molecule has 2 N–H and O–H groups in total. The Morgan fingerprint density at radius 3 is 1.89 bits per heavy atom. The maximum absolute atomic E-state index is 12.3. The quantitative estimate of drug-likeness (QED) is 0.537. The van der Waals surface area contributed by atoms with Crippen molar-refractivity contribution in [3.63, 3.8) is 0 Å². The van der Waals surface area contributed by atoms with Crippen LogP contribution in [0.4, 0.5) is 0 Å². The molecule has 19 heavy (non-hydrogen) atoms. The maximum atomic E-state index is 12.3. The first-order chi connectivity index (χ1) is 9.04. The first-order valence-electron chi connectivity index (χ1n) is 5.38. The number of nitrogens with two attached hydrogens (primary N) is 1. The predicted octanol–water partition coefficient (Wildman–Crippen LogP) is 2.47. The molecule has 2 aromatic rings. The van der Waals surface area contributed by atoms with Gasteiger partial charge >= 0.3 is 0 Å². The minimum atomic E-state index is -3.52. The fraction of sp³-hybridized carbons (Fsp3) is 0. The average Bonchev–Trinajstić information content (AvgIpc) is 2.40. The van der Waals surface area contributed by atoms with Crippen LogP contribution in [0.25, 0.3) is 0 Å². The smallest absolute Gasteiger partial charge is 0.206 e. The average molecular weight is 295 g/mol. The maximum Gasteiger partial charge on any atom is 0.206 e. The van der Waals surface area contributed by atoms with Crippen LogP contribution in [0.3, 0.4) is 0 Å². The lowest BCUT2D eigenvalue weighted by Crippen LogP contribution is -2.02. The molecule has 0 fully saturated rings. The van der Waals surface area contributed by atoms with Crippen LogP contribution in [0.1, 0.15) is 5.56 Å². The van der Waals surface area contributed by atoms with E-state index in [2.05, 4.69) is 5.10 Å². The van der Waals surface area contributed by atoms with Crippen LogP contribution < -0.4 is 5.84 Å². The number of halogens is 1. The molecular formula is C13H11ClN2O2S. The normalized spacial score (nSPS) is 11.8. The van der Waals surface area contributed by atoms with Gasteiger partial charge in [0.05, 0.1) is 16.0 Å². The van der Waals surface area contributed by atoms with E-state index in [4.69, 9.17) is 17.4 Å². The third kappa shape index (κ3) is 2.94. The van der Waals surface area contributed by atoms with Crippen LogP contribution in [0.2, 0.25) is 5.02 Å². The first kappa shape index (κ1) is 13.6. The number of rotatable bonds is 3. The van der Waals surface area contributed by atoms with Gasteiger partial charge in [-0.15, -0.1) is 0 Å². The molecule has 0 aliphatic rings. The zero-order chi connectivity index (χ0) is 13.9. The highest BCUT2D eigenvalue weighted by Gasteiger charge is 2.16. The molecule has 4 nitrogen and oxygen atoms in total. The summed E-state index contributed by atoms with van der Waals surface area (Å²) < 4.78 is 24.6. The summed E-state index contributed by atoms with van der Waals surface area (Å²) in [5.41, 5.74) is 0.734. The molecule has 0 radical (unpaired) electrons. The van der Waals surface area contributed by atoms with Crippen molar-refractivity contribution in [3.8, 4) is 0 Å². The van der Waals surface area contributed by atoms with Crippen LogP contribution in [-0.4, -0.2) is 14.6 Å². The lowest BCUT2D eigenvalue weighted by atomic mass is 10.2. The molecule has 0 unspecified atom stereocenters. The van der Waals surface area contributed by atoms with E-state index in [1.54, 1.807) is 24.3 Å². The van der Waals surface area contributed by atoms with Gasteiger partial charge in [0, 0.05) is 5.02 Å². The lowest BCUT2D eigenvalue weighted by Gasteiger charge is -2.05. The van der Waals surface area contributed by atoms with Crippen molar-refractivity contribution in [2.45, 2.75) is 9.79 Å². The van der Waals surface area contributed by atoms with Gasteiger partial charge in [-0.3, -0.25) is 0 Å². The van der Waals surface area contributed by atoms with Crippen LogP contribution >= 0.6 is 11.6 Å². The standard InChI is InChI=1S/C13H11ClN2O2S/c14-11-3-7-13(8-4-11)19(17,18)12-5-1-10(2-6-12)9-16-15/h1-9H,15H2/b16-9+. The van der Waals surface area contributed by atoms with Gasteiger partial charge in [0.2, 0.25) is 9.84 Å². The number of nitrogens with zero attached hydrogens (tertiary/aromatic N) is 1. The molecule has 98 valence electrons. The van der Waals surface area contributed by atoms with Crippen molar-refractivity contribution >= 4 is 27.7 Å². The fourth-order valence-corrected chi connectivity index (χ4v) is 2.96. The fourth-order valence-electron chi connectivity index (χ4n) is 1.57. The molecule has 0 amide bonds. The minimum Gasteiger partial charge on any atom is -0.323 e. The van der Waals surface area contributed by atoms with E-state index < -0.39 is 9.84 Å². The molecule has 0 saturated carbocycles. The summed E-state index contributed by atoms with van der Waals surface area (Å²) in [5.74, 6) is 5.03. The number of sulfone groups is 1. The van der Waals surface area contributed by atoms with E-state index in [1.807, 2.05) is 0 Å². The lowest BCUT2D eigenvalue weighted by molar-refractivity contribution is 0.596. The van der Waals surface area contributed by atoms with Crippen LogP contribution in [-0.2, 0) is 9.84 Å². The van der Waals surface area contributed by atoms with Crippen molar-refractivity contribution in [3.05, 3.63) is 59.1 Å². The second kappa shape index (κ2) is 5.42. The van der Waals surface area contributed by atoms with Crippen molar-refractivity contribution in [2.24, 2.45) is 10.9 Å². The van der Waals surface area contributed by atoms with E-state index in [-0.39, 0.29) is 9.79 Å². The summed E-state index contributed by atoms with van der Waals surface area (Å²) in [6.07, 6.45) is 1.44. The molecule has 0 heterocycles. The van der Waals surface area contributed by atoms with Gasteiger partial charge in [0.15, 0.2) is 0 Å². The van der Waals surface area contributed by atoms with Gasteiger partial charge in [-0.05, 0) is 42.0 Å². The molecule has 0 aromatic heterocycles. The van der Waals surface area contributed by atoms with Gasteiger partial charge in [-0.2, -0.15) is 5.10 Å². The molecule has 0 spiro atoms. The molecule has 6 heteroatoms. The number of hydrogen-bond acceptors (Lipinski definition) is 4. The van der Waals surface area contributed by atoms with E-state index in [9.17, 15) is 8.42 Å². The largest absolute Gasteiger partial charge is 0.323 e. The Bertz CT molecular complexity index is 692. The predicted molar refractivity (Wildman–Crippen MR) is 75.1 cm³/mol. The van der Waals surface area contributed by atoms with Gasteiger partial charge in [0.1, 0.15) is 0 Å². The van der Waals surface area contributed by atoms with Gasteiger partial charge < -0.3 is 5.84 Å². The highest BCUT2D eigenvalue weighted by atomic mass is 35.5. The molecule has 2 aromatic carbocycles. The summed E-state index contributed by atoms with van der Waals surface area (Å²) in [6, 6.07) is 12.4. The van der Waals surface area contributed by atoms with Crippen molar-refractivity contribution in [2.75, 3.05) is 0 Å². The van der Waals surface area contributed by atoms with Gasteiger partial charge in [0.25, 0.3) is 0 Å². The Morgan fingerprint density at radius 1 is 0.947 bits per heavy atom. The van der Waals surface area contributed by atoms with E-state index in [0.717, 1.165) is 5.56 Å². The van der Waals surface area contributed by atoms with Crippen molar-refractivity contribution in [1.82, 2.24) is 0 Å². The topological polar surface area (TPSA) is 72.5 Å². The Labute approximate surface area is 116 Å². The zero-order valence-electron chi connectivity index (χ0n) is 9.82. The van der Waals surface area contributed by atoms with Crippen LogP contribution in [0.15, 0.2) is 63.4 Å². The number of hydrogen-bond donors (Lipinski definition) is 1. The Kier molecular flexibility index (Phi) is 3.87. The van der Waals surface area contributed by atoms with E-state index >= 15 is 0 Å². The molecule has 0 aliphatic heterocycles. The van der Waals surface area contributed by atoms with Crippen molar-refractivity contribution in [1.29, 1.82) is 0 Å². The summed E-state index contributed by atoms with van der Waals surface area (Å²) >= 11 is 5.74. The van der Waals surface area contributed by atoms with Crippen LogP contribution in [0, 0.1) is 0 Å². The Balaban J connectivity index is 2.41. The third-order valence-corrected chi connectivity index (χ3v) is 4.58. The summed E-state index contributed by atoms with van der Waals surface area (Å²) in [7, 11) is -3.52. The second-order valence-electron chi connectivity index (χ2n) is 3.80. The van der Waals surface area contributed by atoms with Crippen molar-refractivity contribution < 1.29 is 8.42 Å². The molecule has 0 atom stereocenters. The highest BCUT2D eigenvalue weighted by molar-refractivity contribution is 7.91. The highest BCUT2D eigenvalue weighted by Crippen LogP contribution is 2.22. The molecular weight excluding hydrogens is 284 g/mol. The Morgan fingerprint density at radius 2 is 1.42 bits per heavy atom. The molecule has 0 bridgehead atoms. The first-order valence-corrected chi connectivity index (χ1v) is 7.24. The van der Waals surface area contributed by atoms with Gasteiger partial charge in [-0.25, -0.2) is 8.42 Å². The third-order valence-electron chi connectivity index (χ3n) is 2.54. The molecule has 0 aliphatic carbocycles. The second-order valence-corrected chi connectivity index (χ2v) is 6.19. The Hall–Kier alpha value is -1.85. The van der Waals surface area contributed by atoms with E-state index in [1.165, 1.54) is 30.5 Å². The molecule has 2 rings (SSSR count). The summed E-state index contributed by atoms with van der Waals surface area (Å²) in [4.78, 5) is 0.418. The SMILES string of the molecule is N/N=C/c1ccc(S(=O)(=O)c2ccc(Cl)cc2)cc1. The monoisotopic (exact) mass is 294 g/mol. The zero-order valence-corrected chi connectivity index (χ0v) is 11.4. The van der Waals surface area contributed by atoms with Gasteiger partial charge in [-0.1, -0.05) is 23.7 Å². The molecule has 0 saturated heterocycles.